The number of guanidine groups is 1. The summed E-state index contributed by atoms with van der Waals surface area (Å²) in [6, 6.07) is 1.92. The van der Waals surface area contributed by atoms with Gasteiger partial charge in [-0.3, -0.25) is 4.99 Å². The van der Waals surface area contributed by atoms with Gasteiger partial charge in [-0.25, -0.2) is 0 Å². The summed E-state index contributed by atoms with van der Waals surface area (Å²) in [6.45, 7) is 12.2. The SMILES string of the molecule is CCCC1CC1NC(=NCC)NC1CCN(C(C)C)CC1. The van der Waals surface area contributed by atoms with E-state index in [0.717, 1.165) is 18.4 Å². The van der Waals surface area contributed by atoms with Crippen molar-refractivity contribution >= 4 is 5.96 Å². The highest BCUT2D eigenvalue weighted by molar-refractivity contribution is 5.80. The van der Waals surface area contributed by atoms with Crippen LogP contribution in [0.15, 0.2) is 4.99 Å². The van der Waals surface area contributed by atoms with E-state index in [4.69, 9.17) is 0 Å². The molecule has 4 heteroatoms. The average molecular weight is 294 g/mol. The predicted molar refractivity (Wildman–Crippen MR) is 90.8 cm³/mol. The van der Waals surface area contributed by atoms with Crippen LogP contribution in [-0.4, -0.2) is 48.6 Å². The molecule has 2 rings (SSSR count). The quantitative estimate of drug-likeness (QED) is 0.584. The van der Waals surface area contributed by atoms with Crippen LogP contribution in [0.1, 0.15) is 59.8 Å². The highest BCUT2D eigenvalue weighted by Gasteiger charge is 2.36. The molecule has 2 atom stereocenters. The summed E-state index contributed by atoms with van der Waals surface area (Å²) in [5.74, 6) is 1.92. The Morgan fingerprint density at radius 1 is 1.19 bits per heavy atom. The van der Waals surface area contributed by atoms with Crippen LogP contribution < -0.4 is 10.6 Å². The van der Waals surface area contributed by atoms with E-state index >= 15 is 0 Å². The third-order valence-corrected chi connectivity index (χ3v) is 4.82. The van der Waals surface area contributed by atoms with Gasteiger partial charge in [0.25, 0.3) is 0 Å². The average Bonchev–Trinajstić information content (AvgIpc) is 3.18. The Kier molecular flexibility index (Phi) is 6.34. The summed E-state index contributed by atoms with van der Waals surface area (Å²) >= 11 is 0. The Balaban J connectivity index is 1.75. The van der Waals surface area contributed by atoms with Gasteiger partial charge in [0.15, 0.2) is 5.96 Å². The smallest absolute Gasteiger partial charge is 0.191 e. The van der Waals surface area contributed by atoms with Gasteiger partial charge in [0.1, 0.15) is 0 Å². The van der Waals surface area contributed by atoms with Crippen LogP contribution in [0.25, 0.3) is 0 Å². The lowest BCUT2D eigenvalue weighted by Crippen LogP contribution is -2.50. The minimum atomic E-state index is 0.584. The fraction of sp³-hybridized carbons (Fsp3) is 0.941. The molecule has 2 unspecified atom stereocenters. The summed E-state index contributed by atoms with van der Waals surface area (Å²) in [7, 11) is 0. The molecule has 1 saturated heterocycles. The minimum absolute atomic E-state index is 0.584. The van der Waals surface area contributed by atoms with E-state index in [2.05, 4.69) is 48.2 Å². The number of hydrogen-bond acceptors (Lipinski definition) is 2. The number of piperidine rings is 1. The summed E-state index contributed by atoms with van der Waals surface area (Å²) in [4.78, 5) is 7.20. The summed E-state index contributed by atoms with van der Waals surface area (Å²) in [6.07, 6.45) is 6.43. The van der Waals surface area contributed by atoms with Gasteiger partial charge in [0.05, 0.1) is 0 Å². The first-order chi connectivity index (χ1) is 10.1. The number of likely N-dealkylation sites (tertiary alicyclic amines) is 1. The Bertz CT molecular complexity index is 332. The van der Waals surface area contributed by atoms with Crippen molar-refractivity contribution in [3.63, 3.8) is 0 Å². The predicted octanol–water partition coefficient (Wildman–Crippen LogP) is 2.60. The first-order valence-corrected chi connectivity index (χ1v) is 8.95. The van der Waals surface area contributed by atoms with Gasteiger partial charge in [-0.1, -0.05) is 13.3 Å². The second-order valence-electron chi connectivity index (χ2n) is 6.91. The van der Waals surface area contributed by atoms with Gasteiger partial charge in [-0.15, -0.1) is 0 Å². The second-order valence-corrected chi connectivity index (χ2v) is 6.91. The summed E-state index contributed by atoms with van der Waals surface area (Å²) in [5.41, 5.74) is 0. The van der Waals surface area contributed by atoms with Crippen LogP contribution in [0.3, 0.4) is 0 Å². The molecule has 2 N–H and O–H groups in total. The largest absolute Gasteiger partial charge is 0.354 e. The molecule has 0 aromatic carbocycles. The lowest BCUT2D eigenvalue weighted by molar-refractivity contribution is 0.167. The summed E-state index contributed by atoms with van der Waals surface area (Å²) in [5, 5.41) is 7.30. The van der Waals surface area contributed by atoms with Crippen LogP contribution in [0, 0.1) is 5.92 Å². The molecule has 0 spiro atoms. The molecule has 4 nitrogen and oxygen atoms in total. The monoisotopic (exact) mass is 294 g/mol. The van der Waals surface area contributed by atoms with E-state index in [9.17, 15) is 0 Å². The van der Waals surface area contributed by atoms with Crippen molar-refractivity contribution in [1.29, 1.82) is 0 Å². The third kappa shape index (κ3) is 5.17. The van der Waals surface area contributed by atoms with Gasteiger partial charge in [-0.2, -0.15) is 0 Å². The standard InChI is InChI=1S/C17H34N4/c1-5-7-14-12-16(14)20-17(18-6-2)19-15-8-10-21(11-9-15)13(3)4/h13-16H,5-12H2,1-4H3,(H2,18,19,20). The third-order valence-electron chi connectivity index (χ3n) is 4.82. The molecule has 2 aliphatic rings. The maximum absolute atomic E-state index is 4.63. The Morgan fingerprint density at radius 3 is 2.48 bits per heavy atom. The second kappa shape index (κ2) is 8.02. The number of nitrogens with one attached hydrogen (secondary N) is 2. The van der Waals surface area contributed by atoms with Crippen molar-refractivity contribution in [2.75, 3.05) is 19.6 Å². The molecule has 0 radical (unpaired) electrons. The number of rotatable bonds is 6. The molecule has 1 aliphatic carbocycles. The van der Waals surface area contributed by atoms with Crippen LogP contribution in [-0.2, 0) is 0 Å². The Hall–Kier alpha value is -0.770. The molecule has 0 aromatic rings. The van der Waals surface area contributed by atoms with Crippen molar-refractivity contribution in [3.05, 3.63) is 0 Å². The lowest BCUT2D eigenvalue weighted by atomic mass is 10.0. The van der Waals surface area contributed by atoms with E-state index in [1.165, 1.54) is 45.2 Å². The van der Waals surface area contributed by atoms with Gasteiger partial charge >= 0.3 is 0 Å². The van der Waals surface area contributed by atoms with Crippen molar-refractivity contribution in [2.24, 2.45) is 10.9 Å². The van der Waals surface area contributed by atoms with Crippen molar-refractivity contribution < 1.29 is 0 Å². The fourth-order valence-corrected chi connectivity index (χ4v) is 3.33. The first kappa shape index (κ1) is 16.6. The maximum Gasteiger partial charge on any atom is 0.191 e. The zero-order valence-electron chi connectivity index (χ0n) is 14.4. The van der Waals surface area contributed by atoms with E-state index in [0.29, 0.717) is 18.1 Å². The lowest BCUT2D eigenvalue weighted by Gasteiger charge is -2.35. The van der Waals surface area contributed by atoms with Gasteiger partial charge in [-0.05, 0) is 52.4 Å². The van der Waals surface area contributed by atoms with Crippen LogP contribution in [0.2, 0.25) is 0 Å². The normalized spacial score (nSPS) is 28.0. The number of nitrogens with zero attached hydrogens (tertiary/aromatic N) is 2. The number of aliphatic imine (C=N–C) groups is 1. The van der Waals surface area contributed by atoms with Gasteiger partial charge < -0.3 is 15.5 Å². The number of hydrogen-bond donors (Lipinski definition) is 2. The summed E-state index contributed by atoms with van der Waals surface area (Å²) < 4.78 is 0. The van der Waals surface area contributed by atoms with Crippen LogP contribution in [0.4, 0.5) is 0 Å². The molecular weight excluding hydrogens is 260 g/mol. The molecule has 0 amide bonds. The highest BCUT2D eigenvalue weighted by atomic mass is 15.2. The Morgan fingerprint density at radius 2 is 1.90 bits per heavy atom. The van der Waals surface area contributed by atoms with Gasteiger partial charge in [0.2, 0.25) is 0 Å². The molecule has 0 aromatic heterocycles. The topological polar surface area (TPSA) is 39.7 Å². The molecular formula is C17H34N4. The zero-order chi connectivity index (χ0) is 15.2. The van der Waals surface area contributed by atoms with E-state index in [-0.39, 0.29) is 0 Å². The van der Waals surface area contributed by atoms with Gasteiger partial charge in [0, 0.05) is 37.8 Å². The van der Waals surface area contributed by atoms with E-state index in [1.54, 1.807) is 0 Å². The Labute approximate surface area is 130 Å². The first-order valence-electron chi connectivity index (χ1n) is 8.95. The molecule has 21 heavy (non-hydrogen) atoms. The maximum atomic E-state index is 4.63. The zero-order valence-corrected chi connectivity index (χ0v) is 14.4. The molecule has 1 saturated carbocycles. The van der Waals surface area contributed by atoms with Crippen molar-refractivity contribution in [1.82, 2.24) is 15.5 Å². The van der Waals surface area contributed by atoms with E-state index in [1.807, 2.05) is 0 Å². The van der Waals surface area contributed by atoms with Crippen molar-refractivity contribution in [2.45, 2.75) is 77.9 Å². The van der Waals surface area contributed by atoms with Crippen LogP contribution >= 0.6 is 0 Å². The molecule has 0 bridgehead atoms. The molecule has 2 fully saturated rings. The molecule has 1 aliphatic heterocycles. The van der Waals surface area contributed by atoms with Crippen LogP contribution in [0.5, 0.6) is 0 Å². The molecule has 122 valence electrons. The van der Waals surface area contributed by atoms with Crippen molar-refractivity contribution in [3.8, 4) is 0 Å². The fourth-order valence-electron chi connectivity index (χ4n) is 3.33. The molecule has 1 heterocycles. The van der Waals surface area contributed by atoms with E-state index < -0.39 is 0 Å². The minimum Gasteiger partial charge on any atom is -0.354 e. The highest BCUT2D eigenvalue weighted by Crippen LogP contribution is 2.34.